The minimum Gasteiger partial charge on any atom is -0.494 e. The summed E-state index contributed by atoms with van der Waals surface area (Å²) in [6.07, 6.45) is 0. The topological polar surface area (TPSA) is 67.9 Å². The number of halogens is 1. The van der Waals surface area contributed by atoms with Crippen LogP contribution >= 0.6 is 11.6 Å². The third kappa shape index (κ3) is 4.56. The number of ether oxygens (including phenoxy) is 2. The third-order valence-electron chi connectivity index (χ3n) is 5.07. The molecule has 0 saturated carbocycles. The molecular weight excluding hydrogens is 440 g/mol. The number of hydrogen-bond donors (Lipinski definition) is 1. The van der Waals surface area contributed by atoms with Gasteiger partial charge in [-0.2, -0.15) is 0 Å². The highest BCUT2D eigenvalue weighted by Gasteiger charge is 2.40. The standard InChI is InChI=1S/C26H23ClN2O4/c1-3-32-20-15-9-17(10-16-20)23-24(28-21-7-5-6-8-22(21)33-4-2)26(31)29(25(23)30)19-13-11-18(27)12-14-19/h5-16,28H,3-4H2,1-2H3. The lowest BCUT2D eigenvalue weighted by atomic mass is 10.0. The highest BCUT2D eigenvalue weighted by molar-refractivity contribution is 6.46. The third-order valence-corrected chi connectivity index (χ3v) is 5.32. The Kier molecular flexibility index (Phi) is 6.66. The first-order valence-corrected chi connectivity index (χ1v) is 11.0. The summed E-state index contributed by atoms with van der Waals surface area (Å²) in [5, 5.41) is 3.67. The number of amides is 2. The highest BCUT2D eigenvalue weighted by atomic mass is 35.5. The first-order valence-electron chi connectivity index (χ1n) is 10.6. The first-order chi connectivity index (χ1) is 16.0. The molecule has 0 aliphatic carbocycles. The second kappa shape index (κ2) is 9.79. The Hall–Kier alpha value is -3.77. The Morgan fingerprint density at radius 3 is 2.15 bits per heavy atom. The molecule has 2 amide bonds. The number of carbonyl (C=O) groups is 2. The number of carbonyl (C=O) groups excluding carboxylic acids is 2. The molecule has 0 atom stereocenters. The zero-order valence-corrected chi connectivity index (χ0v) is 19.1. The van der Waals surface area contributed by atoms with Crippen LogP contribution < -0.4 is 19.7 Å². The number of imide groups is 1. The van der Waals surface area contributed by atoms with E-state index in [1.807, 2.05) is 26.0 Å². The van der Waals surface area contributed by atoms with Gasteiger partial charge in [0.05, 0.1) is 30.2 Å². The Labute approximate surface area is 197 Å². The number of nitrogens with one attached hydrogen (secondary N) is 1. The van der Waals surface area contributed by atoms with Crippen molar-refractivity contribution in [3.8, 4) is 11.5 Å². The fourth-order valence-corrected chi connectivity index (χ4v) is 3.73. The van der Waals surface area contributed by atoms with Crippen molar-refractivity contribution in [2.24, 2.45) is 0 Å². The molecular formula is C26H23ClN2O4. The van der Waals surface area contributed by atoms with Crippen molar-refractivity contribution in [3.63, 3.8) is 0 Å². The molecule has 1 aliphatic rings. The van der Waals surface area contributed by atoms with Gasteiger partial charge in [0, 0.05) is 5.02 Å². The molecule has 0 unspecified atom stereocenters. The van der Waals surface area contributed by atoms with E-state index >= 15 is 0 Å². The largest absolute Gasteiger partial charge is 0.494 e. The van der Waals surface area contributed by atoms with E-state index < -0.39 is 11.8 Å². The van der Waals surface area contributed by atoms with Gasteiger partial charge in [-0.3, -0.25) is 9.59 Å². The van der Waals surface area contributed by atoms with E-state index in [-0.39, 0.29) is 11.3 Å². The van der Waals surface area contributed by atoms with E-state index in [1.165, 1.54) is 0 Å². The summed E-state index contributed by atoms with van der Waals surface area (Å²) >= 11 is 6.00. The van der Waals surface area contributed by atoms with E-state index in [9.17, 15) is 9.59 Å². The Bertz CT molecular complexity index is 1200. The number of para-hydroxylation sites is 2. The summed E-state index contributed by atoms with van der Waals surface area (Å²) in [7, 11) is 0. The van der Waals surface area contributed by atoms with Crippen LogP contribution in [0, 0.1) is 0 Å². The molecule has 7 heteroatoms. The molecule has 6 nitrogen and oxygen atoms in total. The van der Waals surface area contributed by atoms with Gasteiger partial charge in [-0.25, -0.2) is 4.90 Å². The SMILES string of the molecule is CCOc1ccc(C2=C(Nc3ccccc3OCC)C(=O)N(c3ccc(Cl)cc3)C2=O)cc1. The van der Waals surface area contributed by atoms with Gasteiger partial charge < -0.3 is 14.8 Å². The molecule has 4 rings (SSSR count). The predicted molar refractivity (Wildman–Crippen MR) is 130 cm³/mol. The van der Waals surface area contributed by atoms with Gasteiger partial charge in [0.1, 0.15) is 17.2 Å². The van der Waals surface area contributed by atoms with Crippen molar-refractivity contribution < 1.29 is 19.1 Å². The zero-order valence-electron chi connectivity index (χ0n) is 18.3. The summed E-state index contributed by atoms with van der Waals surface area (Å²) in [5.74, 6) is 0.383. The minimum absolute atomic E-state index is 0.172. The van der Waals surface area contributed by atoms with Crippen molar-refractivity contribution in [2.75, 3.05) is 23.4 Å². The van der Waals surface area contributed by atoms with E-state index in [1.54, 1.807) is 60.7 Å². The minimum atomic E-state index is -0.461. The average molecular weight is 463 g/mol. The highest BCUT2D eigenvalue weighted by Crippen LogP contribution is 2.36. The van der Waals surface area contributed by atoms with Crippen LogP contribution in [-0.4, -0.2) is 25.0 Å². The van der Waals surface area contributed by atoms with Gasteiger partial charge in [-0.05, 0) is 67.9 Å². The number of benzene rings is 3. The number of nitrogens with zero attached hydrogens (tertiary/aromatic N) is 1. The fourth-order valence-electron chi connectivity index (χ4n) is 3.61. The molecule has 33 heavy (non-hydrogen) atoms. The van der Waals surface area contributed by atoms with Crippen molar-refractivity contribution in [1.29, 1.82) is 0 Å². The molecule has 0 radical (unpaired) electrons. The van der Waals surface area contributed by atoms with Gasteiger partial charge in [0.25, 0.3) is 11.8 Å². The molecule has 0 bridgehead atoms. The van der Waals surface area contributed by atoms with Gasteiger partial charge in [0.2, 0.25) is 0 Å². The summed E-state index contributed by atoms with van der Waals surface area (Å²) in [5.41, 5.74) is 2.07. The summed E-state index contributed by atoms with van der Waals surface area (Å²) < 4.78 is 11.2. The monoisotopic (exact) mass is 462 g/mol. The van der Waals surface area contributed by atoms with E-state index in [0.29, 0.717) is 46.7 Å². The lowest BCUT2D eigenvalue weighted by Crippen LogP contribution is -2.32. The molecule has 0 fully saturated rings. The second-order valence-corrected chi connectivity index (χ2v) is 7.62. The van der Waals surface area contributed by atoms with E-state index in [4.69, 9.17) is 21.1 Å². The Morgan fingerprint density at radius 1 is 0.818 bits per heavy atom. The smallest absolute Gasteiger partial charge is 0.282 e. The van der Waals surface area contributed by atoms with Crippen molar-refractivity contribution >= 4 is 40.4 Å². The van der Waals surface area contributed by atoms with Gasteiger partial charge in [0.15, 0.2) is 0 Å². The zero-order chi connectivity index (χ0) is 23.4. The Morgan fingerprint density at radius 2 is 1.48 bits per heavy atom. The molecule has 168 valence electrons. The van der Waals surface area contributed by atoms with Crippen LogP contribution in [0.1, 0.15) is 19.4 Å². The molecule has 1 aliphatic heterocycles. The van der Waals surface area contributed by atoms with Gasteiger partial charge in [-0.15, -0.1) is 0 Å². The second-order valence-electron chi connectivity index (χ2n) is 7.18. The molecule has 1 heterocycles. The maximum Gasteiger partial charge on any atom is 0.282 e. The summed E-state index contributed by atoms with van der Waals surface area (Å²) in [6.45, 7) is 4.78. The summed E-state index contributed by atoms with van der Waals surface area (Å²) in [4.78, 5) is 28.2. The van der Waals surface area contributed by atoms with Crippen LogP contribution in [0.5, 0.6) is 11.5 Å². The maximum absolute atomic E-state index is 13.5. The first kappa shape index (κ1) is 22.4. The molecule has 0 saturated heterocycles. The lowest BCUT2D eigenvalue weighted by Gasteiger charge is -2.16. The predicted octanol–water partition coefficient (Wildman–Crippen LogP) is 5.53. The molecule has 1 N–H and O–H groups in total. The van der Waals surface area contributed by atoms with Crippen LogP contribution in [0.4, 0.5) is 11.4 Å². The lowest BCUT2D eigenvalue weighted by molar-refractivity contribution is -0.120. The molecule has 3 aromatic rings. The van der Waals surface area contributed by atoms with E-state index in [2.05, 4.69) is 5.32 Å². The van der Waals surface area contributed by atoms with Gasteiger partial charge in [-0.1, -0.05) is 35.9 Å². The van der Waals surface area contributed by atoms with Crippen LogP contribution in [0.15, 0.2) is 78.5 Å². The molecule has 0 aromatic heterocycles. The van der Waals surface area contributed by atoms with Crippen LogP contribution in [0.2, 0.25) is 5.02 Å². The van der Waals surface area contributed by atoms with Crippen LogP contribution in [0.25, 0.3) is 5.57 Å². The maximum atomic E-state index is 13.5. The van der Waals surface area contributed by atoms with Crippen molar-refractivity contribution in [1.82, 2.24) is 0 Å². The number of rotatable bonds is 8. The molecule has 0 spiro atoms. The van der Waals surface area contributed by atoms with Crippen molar-refractivity contribution in [3.05, 3.63) is 89.1 Å². The normalized spacial score (nSPS) is 13.5. The van der Waals surface area contributed by atoms with Crippen LogP contribution in [-0.2, 0) is 9.59 Å². The number of anilines is 2. The average Bonchev–Trinajstić information content (AvgIpc) is 3.06. The van der Waals surface area contributed by atoms with Crippen LogP contribution in [0.3, 0.4) is 0 Å². The number of hydrogen-bond acceptors (Lipinski definition) is 5. The Balaban J connectivity index is 1.80. The quantitative estimate of drug-likeness (QED) is 0.445. The molecule has 3 aromatic carbocycles. The van der Waals surface area contributed by atoms with E-state index in [0.717, 1.165) is 4.90 Å². The summed E-state index contributed by atoms with van der Waals surface area (Å²) in [6, 6.07) is 21.0. The fraction of sp³-hybridized carbons (Fsp3) is 0.154. The van der Waals surface area contributed by atoms with Gasteiger partial charge >= 0.3 is 0 Å². The van der Waals surface area contributed by atoms with Crippen molar-refractivity contribution in [2.45, 2.75) is 13.8 Å².